The van der Waals surface area contributed by atoms with Crippen molar-refractivity contribution in [2.45, 2.75) is 13.8 Å². The molecular weight excluding hydrogens is 182 g/mol. The van der Waals surface area contributed by atoms with Gasteiger partial charge in [-0.25, -0.2) is 4.79 Å². The Morgan fingerprint density at radius 2 is 2.36 bits per heavy atom. The van der Waals surface area contributed by atoms with Crippen LogP contribution in [0.4, 0.5) is 4.79 Å². The standard InChI is InChI=1S/C9H17N3O2/c1-7(2)8(13)10-3-5-12-6-4-11-9(12)14/h7H,3-6H2,1-2H3,(H,10,13)(H,11,14). The summed E-state index contributed by atoms with van der Waals surface area (Å²) in [6.45, 7) is 6.25. The van der Waals surface area contributed by atoms with Gasteiger partial charge >= 0.3 is 6.03 Å². The predicted octanol–water partition coefficient (Wildman–Crippen LogP) is -0.216. The number of nitrogens with one attached hydrogen (secondary N) is 2. The molecular formula is C9H17N3O2. The molecule has 0 aliphatic carbocycles. The van der Waals surface area contributed by atoms with Crippen LogP contribution < -0.4 is 10.6 Å². The maximum atomic E-state index is 11.2. The van der Waals surface area contributed by atoms with Crippen LogP contribution in [0, 0.1) is 5.92 Å². The molecule has 5 heteroatoms. The van der Waals surface area contributed by atoms with E-state index in [2.05, 4.69) is 10.6 Å². The van der Waals surface area contributed by atoms with E-state index >= 15 is 0 Å². The zero-order chi connectivity index (χ0) is 10.6. The number of rotatable bonds is 4. The summed E-state index contributed by atoms with van der Waals surface area (Å²) < 4.78 is 0. The van der Waals surface area contributed by atoms with Gasteiger partial charge in [0.15, 0.2) is 0 Å². The SMILES string of the molecule is CC(C)C(=O)NCCN1CCNC1=O. The highest BCUT2D eigenvalue weighted by atomic mass is 16.2. The summed E-state index contributed by atoms with van der Waals surface area (Å²) in [7, 11) is 0. The second-order valence-corrected chi connectivity index (χ2v) is 3.66. The molecule has 0 unspecified atom stereocenters. The van der Waals surface area contributed by atoms with Crippen molar-refractivity contribution in [3.8, 4) is 0 Å². The van der Waals surface area contributed by atoms with Crippen molar-refractivity contribution < 1.29 is 9.59 Å². The average molecular weight is 199 g/mol. The molecule has 0 bridgehead atoms. The fraction of sp³-hybridized carbons (Fsp3) is 0.778. The minimum atomic E-state index is -0.0382. The minimum absolute atomic E-state index is 0.00223. The number of urea groups is 1. The molecule has 0 atom stereocenters. The van der Waals surface area contributed by atoms with E-state index in [0.29, 0.717) is 19.6 Å². The van der Waals surface area contributed by atoms with Gasteiger partial charge in [0, 0.05) is 32.1 Å². The lowest BCUT2D eigenvalue weighted by Crippen LogP contribution is -2.38. The molecule has 80 valence electrons. The Hall–Kier alpha value is -1.26. The summed E-state index contributed by atoms with van der Waals surface area (Å²) in [5, 5.41) is 5.47. The molecule has 0 saturated carbocycles. The van der Waals surface area contributed by atoms with Crippen LogP contribution in [-0.4, -0.2) is 43.0 Å². The molecule has 14 heavy (non-hydrogen) atoms. The molecule has 3 amide bonds. The highest BCUT2D eigenvalue weighted by Gasteiger charge is 2.18. The first-order valence-electron chi connectivity index (χ1n) is 4.91. The van der Waals surface area contributed by atoms with Gasteiger partial charge in [-0.2, -0.15) is 0 Å². The van der Waals surface area contributed by atoms with Gasteiger partial charge in [-0.3, -0.25) is 4.79 Å². The first kappa shape index (κ1) is 10.8. The van der Waals surface area contributed by atoms with Crippen LogP contribution in [0.2, 0.25) is 0 Å². The number of amides is 3. The van der Waals surface area contributed by atoms with E-state index < -0.39 is 0 Å². The molecule has 0 aromatic heterocycles. The summed E-state index contributed by atoms with van der Waals surface area (Å²) in [4.78, 5) is 23.9. The summed E-state index contributed by atoms with van der Waals surface area (Å²) >= 11 is 0. The number of hydrogen-bond acceptors (Lipinski definition) is 2. The second-order valence-electron chi connectivity index (χ2n) is 3.66. The maximum Gasteiger partial charge on any atom is 0.317 e. The Morgan fingerprint density at radius 3 is 2.86 bits per heavy atom. The van der Waals surface area contributed by atoms with Crippen LogP contribution >= 0.6 is 0 Å². The Labute approximate surface area is 83.8 Å². The molecule has 1 aliphatic rings. The molecule has 2 N–H and O–H groups in total. The van der Waals surface area contributed by atoms with E-state index in [0.717, 1.165) is 6.54 Å². The smallest absolute Gasteiger partial charge is 0.317 e. The van der Waals surface area contributed by atoms with Crippen LogP contribution in [0.25, 0.3) is 0 Å². The van der Waals surface area contributed by atoms with Crippen LogP contribution in [0.3, 0.4) is 0 Å². The van der Waals surface area contributed by atoms with Gasteiger partial charge in [0.25, 0.3) is 0 Å². The van der Waals surface area contributed by atoms with Crippen molar-refractivity contribution in [2.24, 2.45) is 5.92 Å². The van der Waals surface area contributed by atoms with E-state index in [-0.39, 0.29) is 17.9 Å². The predicted molar refractivity (Wildman–Crippen MR) is 52.8 cm³/mol. The quantitative estimate of drug-likeness (QED) is 0.657. The largest absolute Gasteiger partial charge is 0.354 e. The maximum absolute atomic E-state index is 11.2. The molecule has 0 aromatic rings. The van der Waals surface area contributed by atoms with E-state index in [9.17, 15) is 9.59 Å². The van der Waals surface area contributed by atoms with Crippen LogP contribution in [0.15, 0.2) is 0 Å². The monoisotopic (exact) mass is 199 g/mol. The van der Waals surface area contributed by atoms with Gasteiger partial charge in [0.2, 0.25) is 5.91 Å². The fourth-order valence-corrected chi connectivity index (χ4v) is 1.24. The minimum Gasteiger partial charge on any atom is -0.354 e. The Kier molecular flexibility index (Phi) is 3.73. The van der Waals surface area contributed by atoms with Crippen molar-refractivity contribution >= 4 is 11.9 Å². The van der Waals surface area contributed by atoms with Gasteiger partial charge in [-0.15, -0.1) is 0 Å². The molecule has 1 heterocycles. The summed E-state index contributed by atoms with van der Waals surface area (Å²) in [5.74, 6) is 0.0343. The molecule has 0 spiro atoms. The first-order valence-corrected chi connectivity index (χ1v) is 4.91. The van der Waals surface area contributed by atoms with E-state index in [1.165, 1.54) is 0 Å². The lowest BCUT2D eigenvalue weighted by atomic mass is 10.2. The van der Waals surface area contributed by atoms with Gasteiger partial charge < -0.3 is 15.5 Å². The third-order valence-electron chi connectivity index (χ3n) is 2.15. The van der Waals surface area contributed by atoms with E-state index in [4.69, 9.17) is 0 Å². The molecule has 5 nitrogen and oxygen atoms in total. The number of hydrogen-bond donors (Lipinski definition) is 2. The van der Waals surface area contributed by atoms with Crippen molar-refractivity contribution in [1.82, 2.24) is 15.5 Å². The van der Waals surface area contributed by atoms with Crippen LogP contribution in [-0.2, 0) is 4.79 Å². The zero-order valence-corrected chi connectivity index (χ0v) is 8.67. The Balaban J connectivity index is 2.15. The Morgan fingerprint density at radius 1 is 1.64 bits per heavy atom. The first-order chi connectivity index (χ1) is 6.61. The van der Waals surface area contributed by atoms with Gasteiger partial charge in [-0.1, -0.05) is 13.8 Å². The van der Waals surface area contributed by atoms with Crippen molar-refractivity contribution in [2.75, 3.05) is 26.2 Å². The fourth-order valence-electron chi connectivity index (χ4n) is 1.24. The topological polar surface area (TPSA) is 61.4 Å². The van der Waals surface area contributed by atoms with Gasteiger partial charge in [-0.05, 0) is 0 Å². The normalized spacial score (nSPS) is 15.9. The van der Waals surface area contributed by atoms with Crippen LogP contribution in [0.5, 0.6) is 0 Å². The summed E-state index contributed by atoms with van der Waals surface area (Å²) in [6.07, 6.45) is 0. The number of carbonyl (C=O) groups is 2. The molecule has 0 aromatic carbocycles. The summed E-state index contributed by atoms with van der Waals surface area (Å²) in [6, 6.07) is -0.0382. The van der Waals surface area contributed by atoms with Crippen molar-refractivity contribution in [3.05, 3.63) is 0 Å². The van der Waals surface area contributed by atoms with E-state index in [1.54, 1.807) is 4.90 Å². The van der Waals surface area contributed by atoms with Crippen molar-refractivity contribution in [1.29, 1.82) is 0 Å². The molecule has 1 rings (SSSR count). The van der Waals surface area contributed by atoms with E-state index in [1.807, 2.05) is 13.8 Å². The van der Waals surface area contributed by atoms with Gasteiger partial charge in [0.1, 0.15) is 0 Å². The van der Waals surface area contributed by atoms with Crippen molar-refractivity contribution in [3.63, 3.8) is 0 Å². The molecule has 1 aliphatic heterocycles. The lowest BCUT2D eigenvalue weighted by Gasteiger charge is -2.14. The highest BCUT2D eigenvalue weighted by molar-refractivity contribution is 5.78. The zero-order valence-electron chi connectivity index (χ0n) is 8.67. The highest BCUT2D eigenvalue weighted by Crippen LogP contribution is 1.95. The Bertz CT molecular complexity index is 228. The average Bonchev–Trinajstić information content (AvgIpc) is 2.51. The summed E-state index contributed by atoms with van der Waals surface area (Å²) in [5.41, 5.74) is 0. The number of carbonyl (C=O) groups excluding carboxylic acids is 2. The molecule has 0 radical (unpaired) electrons. The molecule has 1 saturated heterocycles. The molecule has 1 fully saturated rings. The second kappa shape index (κ2) is 4.83. The lowest BCUT2D eigenvalue weighted by molar-refractivity contribution is -0.124. The number of nitrogens with zero attached hydrogens (tertiary/aromatic N) is 1. The van der Waals surface area contributed by atoms with Gasteiger partial charge in [0.05, 0.1) is 0 Å². The third kappa shape index (κ3) is 2.90. The van der Waals surface area contributed by atoms with Crippen LogP contribution in [0.1, 0.15) is 13.8 Å². The third-order valence-corrected chi connectivity index (χ3v) is 2.15.